The van der Waals surface area contributed by atoms with Crippen LogP contribution in [0.25, 0.3) is 0 Å². The molecule has 0 saturated carbocycles. The number of carbonyl (C=O) groups is 1. The van der Waals surface area contributed by atoms with Gasteiger partial charge in [-0.2, -0.15) is 0 Å². The normalized spacial score (nSPS) is 16.2. The van der Waals surface area contributed by atoms with Gasteiger partial charge in [-0.25, -0.2) is 15.2 Å². The Morgan fingerprint density at radius 3 is 2.61 bits per heavy atom. The molecule has 5 nitrogen and oxygen atoms in total. The molecule has 0 unspecified atom stereocenters. The van der Waals surface area contributed by atoms with Crippen LogP contribution in [-0.4, -0.2) is 28.9 Å². The first kappa shape index (κ1) is 12.8. The Bertz CT molecular complexity index is 430. The van der Waals surface area contributed by atoms with E-state index in [2.05, 4.69) is 10.4 Å². The number of carbonyl (C=O) groups excluding carboxylic acids is 1. The van der Waals surface area contributed by atoms with Crippen LogP contribution in [0.2, 0.25) is 0 Å². The third-order valence-electron chi connectivity index (χ3n) is 3.15. The van der Waals surface area contributed by atoms with E-state index in [4.69, 9.17) is 5.84 Å². The molecule has 3 N–H and O–H groups in total. The summed E-state index contributed by atoms with van der Waals surface area (Å²) < 4.78 is 13.9. The van der Waals surface area contributed by atoms with Crippen LogP contribution >= 0.6 is 0 Å². The van der Waals surface area contributed by atoms with Crippen LogP contribution in [0.1, 0.15) is 36.0 Å². The van der Waals surface area contributed by atoms with Gasteiger partial charge in [-0.15, -0.1) is 0 Å². The number of nitrogen functional groups attached to an aromatic ring is 1. The monoisotopic (exact) mass is 252 g/mol. The topological polar surface area (TPSA) is 71.2 Å². The summed E-state index contributed by atoms with van der Waals surface area (Å²) in [4.78, 5) is 17.7. The molecule has 2 heterocycles. The number of pyridine rings is 1. The molecule has 1 aromatic heterocycles. The zero-order valence-electron chi connectivity index (χ0n) is 10.2. The number of nitrogens with zero attached hydrogens (tertiary/aromatic N) is 2. The fourth-order valence-corrected chi connectivity index (χ4v) is 2.15. The Hall–Kier alpha value is -1.69. The Kier molecular flexibility index (Phi) is 4.09. The van der Waals surface area contributed by atoms with E-state index in [-0.39, 0.29) is 17.3 Å². The highest BCUT2D eigenvalue weighted by Crippen LogP contribution is 2.18. The number of hydrogen-bond donors (Lipinski definition) is 2. The molecule has 98 valence electrons. The van der Waals surface area contributed by atoms with Crippen molar-refractivity contribution in [2.45, 2.75) is 25.7 Å². The summed E-state index contributed by atoms with van der Waals surface area (Å²) in [5.41, 5.74) is 2.18. The number of hydrazine groups is 1. The van der Waals surface area contributed by atoms with Crippen molar-refractivity contribution in [2.75, 3.05) is 18.5 Å². The van der Waals surface area contributed by atoms with Crippen molar-refractivity contribution in [3.8, 4) is 0 Å². The second-order valence-electron chi connectivity index (χ2n) is 4.37. The second kappa shape index (κ2) is 5.77. The lowest BCUT2D eigenvalue weighted by atomic mass is 10.2. The molecule has 6 heteroatoms. The molecule has 0 aliphatic carbocycles. The summed E-state index contributed by atoms with van der Waals surface area (Å²) in [7, 11) is 0. The summed E-state index contributed by atoms with van der Waals surface area (Å²) in [6.45, 7) is 1.37. The fraction of sp³-hybridized carbons (Fsp3) is 0.500. The molecule has 1 aromatic rings. The molecule has 1 saturated heterocycles. The molecule has 1 aliphatic rings. The van der Waals surface area contributed by atoms with Crippen LogP contribution in [-0.2, 0) is 0 Å². The Labute approximate surface area is 105 Å². The van der Waals surface area contributed by atoms with Crippen molar-refractivity contribution in [1.82, 2.24) is 9.88 Å². The van der Waals surface area contributed by atoms with Gasteiger partial charge in [0.1, 0.15) is 0 Å². The minimum absolute atomic E-state index is 0.0276. The van der Waals surface area contributed by atoms with Crippen LogP contribution < -0.4 is 11.3 Å². The molecular formula is C12H17FN4O. The minimum Gasteiger partial charge on any atom is -0.339 e. The predicted octanol–water partition coefficient (Wildman–Crippen LogP) is 1.52. The maximum Gasteiger partial charge on any atom is 0.257 e. The van der Waals surface area contributed by atoms with Crippen LogP contribution in [0.5, 0.6) is 0 Å². The lowest BCUT2D eigenvalue weighted by Crippen LogP contribution is -2.32. The highest BCUT2D eigenvalue weighted by atomic mass is 19.1. The zero-order chi connectivity index (χ0) is 13.0. The summed E-state index contributed by atoms with van der Waals surface area (Å²) >= 11 is 0. The first-order chi connectivity index (χ1) is 8.74. The van der Waals surface area contributed by atoms with Crippen molar-refractivity contribution in [3.63, 3.8) is 0 Å². The van der Waals surface area contributed by atoms with E-state index < -0.39 is 5.82 Å². The highest BCUT2D eigenvalue weighted by molar-refractivity contribution is 5.95. The van der Waals surface area contributed by atoms with E-state index in [0.717, 1.165) is 25.7 Å². The largest absolute Gasteiger partial charge is 0.339 e. The lowest BCUT2D eigenvalue weighted by molar-refractivity contribution is 0.0757. The van der Waals surface area contributed by atoms with Crippen LogP contribution in [0.3, 0.4) is 0 Å². The third-order valence-corrected chi connectivity index (χ3v) is 3.15. The van der Waals surface area contributed by atoms with E-state index in [0.29, 0.717) is 13.1 Å². The van der Waals surface area contributed by atoms with Gasteiger partial charge in [-0.3, -0.25) is 4.79 Å². The molecule has 2 rings (SSSR count). The smallest absolute Gasteiger partial charge is 0.257 e. The molecule has 0 atom stereocenters. The lowest BCUT2D eigenvalue weighted by Gasteiger charge is -2.20. The van der Waals surface area contributed by atoms with Gasteiger partial charge in [0.25, 0.3) is 5.91 Å². The van der Waals surface area contributed by atoms with Gasteiger partial charge in [0.15, 0.2) is 11.6 Å². The van der Waals surface area contributed by atoms with Gasteiger partial charge in [0.05, 0.1) is 5.56 Å². The minimum atomic E-state index is -0.686. The van der Waals surface area contributed by atoms with Crippen LogP contribution in [0, 0.1) is 5.82 Å². The summed E-state index contributed by atoms with van der Waals surface area (Å²) in [6.07, 6.45) is 5.57. The first-order valence-corrected chi connectivity index (χ1v) is 6.14. The SMILES string of the molecule is NNc1nccc(C(=O)N2CCCCCC2)c1F. The quantitative estimate of drug-likeness (QED) is 0.618. The number of amides is 1. The Morgan fingerprint density at radius 2 is 2.00 bits per heavy atom. The average molecular weight is 252 g/mol. The van der Waals surface area contributed by atoms with Crippen LogP contribution in [0.4, 0.5) is 10.2 Å². The van der Waals surface area contributed by atoms with Gasteiger partial charge in [0.2, 0.25) is 0 Å². The molecule has 0 radical (unpaired) electrons. The van der Waals surface area contributed by atoms with E-state index >= 15 is 0 Å². The molecular weight excluding hydrogens is 235 g/mol. The van der Waals surface area contributed by atoms with Gasteiger partial charge in [-0.05, 0) is 18.9 Å². The third kappa shape index (κ3) is 2.59. The number of aromatic nitrogens is 1. The van der Waals surface area contributed by atoms with Crippen molar-refractivity contribution in [2.24, 2.45) is 5.84 Å². The predicted molar refractivity (Wildman–Crippen MR) is 66.4 cm³/mol. The molecule has 1 fully saturated rings. The Morgan fingerprint density at radius 1 is 1.33 bits per heavy atom. The zero-order valence-corrected chi connectivity index (χ0v) is 10.2. The molecule has 0 bridgehead atoms. The maximum atomic E-state index is 13.9. The van der Waals surface area contributed by atoms with Gasteiger partial charge >= 0.3 is 0 Å². The number of nitrogens with one attached hydrogen (secondary N) is 1. The van der Waals surface area contributed by atoms with E-state index in [1.807, 2.05) is 0 Å². The maximum absolute atomic E-state index is 13.9. The summed E-state index contributed by atoms with van der Waals surface area (Å²) in [5, 5.41) is 0. The van der Waals surface area contributed by atoms with Crippen molar-refractivity contribution < 1.29 is 9.18 Å². The van der Waals surface area contributed by atoms with Gasteiger partial charge < -0.3 is 10.3 Å². The number of hydrogen-bond acceptors (Lipinski definition) is 4. The molecule has 0 aromatic carbocycles. The first-order valence-electron chi connectivity index (χ1n) is 6.14. The standard InChI is InChI=1S/C12H17FN4O/c13-10-9(5-6-15-11(10)16-14)12(18)17-7-3-1-2-4-8-17/h5-6H,1-4,7-8,14H2,(H,15,16). The van der Waals surface area contributed by atoms with E-state index in [9.17, 15) is 9.18 Å². The molecule has 0 spiro atoms. The number of halogens is 1. The molecule has 1 amide bonds. The van der Waals surface area contributed by atoms with Crippen molar-refractivity contribution in [3.05, 3.63) is 23.6 Å². The van der Waals surface area contributed by atoms with Gasteiger partial charge in [0, 0.05) is 19.3 Å². The fourth-order valence-electron chi connectivity index (χ4n) is 2.15. The van der Waals surface area contributed by atoms with Crippen molar-refractivity contribution in [1.29, 1.82) is 0 Å². The number of nitrogens with two attached hydrogens (primary N) is 1. The second-order valence-corrected chi connectivity index (χ2v) is 4.37. The van der Waals surface area contributed by atoms with Crippen LogP contribution in [0.15, 0.2) is 12.3 Å². The number of anilines is 1. The van der Waals surface area contributed by atoms with E-state index in [1.165, 1.54) is 12.3 Å². The van der Waals surface area contributed by atoms with Crippen molar-refractivity contribution >= 4 is 11.7 Å². The summed E-state index contributed by atoms with van der Waals surface area (Å²) in [6, 6.07) is 1.39. The highest BCUT2D eigenvalue weighted by Gasteiger charge is 2.22. The molecule has 18 heavy (non-hydrogen) atoms. The number of rotatable bonds is 2. The summed E-state index contributed by atoms with van der Waals surface area (Å²) in [5.74, 6) is 4.07. The number of likely N-dealkylation sites (tertiary alicyclic amines) is 1. The Balaban J connectivity index is 2.22. The van der Waals surface area contributed by atoms with Gasteiger partial charge in [-0.1, -0.05) is 12.8 Å². The average Bonchev–Trinajstić information content (AvgIpc) is 2.67. The van der Waals surface area contributed by atoms with E-state index in [1.54, 1.807) is 4.90 Å². The molecule has 1 aliphatic heterocycles.